The van der Waals surface area contributed by atoms with Gasteiger partial charge in [-0.15, -0.1) is 6.58 Å². The molecule has 1 saturated heterocycles. The topological polar surface area (TPSA) is 136 Å². The summed E-state index contributed by atoms with van der Waals surface area (Å²) >= 11 is 0. The Bertz CT molecular complexity index is 1720. The number of amides is 4. The third-order valence-electron chi connectivity index (χ3n) is 8.00. The molecule has 0 spiro atoms. The molecule has 1 aliphatic rings. The minimum atomic E-state index is -0.942. The number of nitrogens with one attached hydrogen (secondary N) is 3. The van der Waals surface area contributed by atoms with Crippen LogP contribution in [0.15, 0.2) is 110 Å². The molecule has 11 heteroatoms. The van der Waals surface area contributed by atoms with Crippen LogP contribution in [0, 0.1) is 0 Å². The van der Waals surface area contributed by atoms with Gasteiger partial charge in [-0.2, -0.15) is 0 Å². The molecule has 0 bridgehead atoms. The van der Waals surface area contributed by atoms with E-state index in [1.807, 2.05) is 72.8 Å². The van der Waals surface area contributed by atoms with Crippen molar-refractivity contribution in [3.63, 3.8) is 0 Å². The third-order valence-corrected chi connectivity index (χ3v) is 8.00. The van der Waals surface area contributed by atoms with Crippen LogP contribution >= 0.6 is 0 Å². The van der Waals surface area contributed by atoms with Crippen molar-refractivity contribution in [2.45, 2.75) is 31.7 Å². The highest BCUT2D eigenvalue weighted by molar-refractivity contribution is 5.91. The van der Waals surface area contributed by atoms with Gasteiger partial charge in [-0.25, -0.2) is 4.79 Å². The molecule has 5 rings (SSSR count). The van der Waals surface area contributed by atoms with Crippen LogP contribution in [0.4, 0.5) is 4.79 Å². The Kier molecular flexibility index (Phi) is 11.4. The van der Waals surface area contributed by atoms with Crippen molar-refractivity contribution in [1.29, 1.82) is 0 Å². The van der Waals surface area contributed by atoms with Crippen molar-refractivity contribution >= 4 is 17.8 Å². The van der Waals surface area contributed by atoms with Gasteiger partial charge >= 0.3 is 6.03 Å². The smallest absolute Gasteiger partial charge is 0.316 e. The second-order valence-corrected chi connectivity index (χ2v) is 11.4. The number of carbonyl (C=O) groups excluding carboxylic acids is 3. The summed E-state index contributed by atoms with van der Waals surface area (Å²) < 4.78 is 5.38. The molecule has 1 fully saturated rings. The van der Waals surface area contributed by atoms with Crippen LogP contribution in [-0.2, 0) is 29.1 Å². The van der Waals surface area contributed by atoms with E-state index < -0.39 is 18.2 Å². The second-order valence-electron chi connectivity index (χ2n) is 11.4. The molecular weight excluding hydrogens is 608 g/mol. The monoisotopic (exact) mass is 648 g/mol. The molecule has 3 aromatic carbocycles. The molecule has 0 saturated carbocycles. The lowest BCUT2D eigenvalue weighted by atomic mass is 9.99. The van der Waals surface area contributed by atoms with Crippen LogP contribution in [0.5, 0.6) is 11.5 Å². The number of nitrogens with zero attached hydrogens (tertiary/aromatic N) is 3. The van der Waals surface area contributed by atoms with Gasteiger partial charge in [0.25, 0.3) is 0 Å². The quantitative estimate of drug-likeness (QED) is 0.128. The molecule has 0 radical (unpaired) electrons. The standard InChI is InChI=1S/C37H40N6O5/c1-3-19-38-23-35(45)43-33(20-26-15-17-30(44)18-16-26)36(46)42(25-34(43)41-37(47)39-22-27-9-5-4-6-10-27)24-29-12-8-14-32(40-29)28-11-7-13-31(21-28)48-2/h3-18,21,33-34,38,44H,1,19-20,22-25H2,2H3,(H2,39,41,47). The van der Waals surface area contributed by atoms with Gasteiger partial charge in [0.1, 0.15) is 23.7 Å². The van der Waals surface area contributed by atoms with Gasteiger partial charge in [0.2, 0.25) is 11.8 Å². The number of aromatic nitrogens is 1. The number of ether oxygens (including phenoxy) is 1. The summed E-state index contributed by atoms with van der Waals surface area (Å²) in [6.45, 7) is 4.52. The van der Waals surface area contributed by atoms with E-state index >= 15 is 0 Å². The van der Waals surface area contributed by atoms with Crippen LogP contribution < -0.4 is 20.7 Å². The summed E-state index contributed by atoms with van der Waals surface area (Å²) in [6, 6.07) is 27.8. The number of piperazine rings is 1. The molecule has 2 heterocycles. The molecule has 2 atom stereocenters. The second kappa shape index (κ2) is 16.2. The predicted molar refractivity (Wildman–Crippen MR) is 183 cm³/mol. The Morgan fingerprint density at radius 3 is 2.52 bits per heavy atom. The molecule has 2 unspecified atom stereocenters. The highest BCUT2D eigenvalue weighted by Crippen LogP contribution is 2.25. The summed E-state index contributed by atoms with van der Waals surface area (Å²) in [7, 11) is 1.61. The van der Waals surface area contributed by atoms with E-state index in [1.54, 1.807) is 42.4 Å². The maximum Gasteiger partial charge on any atom is 0.316 e. The molecule has 48 heavy (non-hydrogen) atoms. The van der Waals surface area contributed by atoms with E-state index in [4.69, 9.17) is 9.72 Å². The van der Waals surface area contributed by atoms with Crippen LogP contribution in [0.1, 0.15) is 16.8 Å². The summed E-state index contributed by atoms with van der Waals surface area (Å²) in [5, 5.41) is 18.7. The molecule has 1 aliphatic heterocycles. The van der Waals surface area contributed by atoms with E-state index in [9.17, 15) is 19.5 Å². The Morgan fingerprint density at radius 1 is 1.00 bits per heavy atom. The lowest BCUT2D eigenvalue weighted by molar-refractivity contribution is -0.157. The zero-order valence-corrected chi connectivity index (χ0v) is 26.8. The molecule has 1 aromatic heterocycles. The van der Waals surface area contributed by atoms with Gasteiger partial charge < -0.3 is 35.6 Å². The van der Waals surface area contributed by atoms with Crippen LogP contribution in [0.25, 0.3) is 11.3 Å². The van der Waals surface area contributed by atoms with Gasteiger partial charge in [0.05, 0.1) is 38.1 Å². The van der Waals surface area contributed by atoms with E-state index in [2.05, 4.69) is 22.5 Å². The van der Waals surface area contributed by atoms with E-state index in [0.717, 1.165) is 22.4 Å². The number of pyridine rings is 1. The highest BCUT2D eigenvalue weighted by atomic mass is 16.5. The van der Waals surface area contributed by atoms with Gasteiger partial charge in [0.15, 0.2) is 0 Å². The highest BCUT2D eigenvalue weighted by Gasteiger charge is 2.43. The van der Waals surface area contributed by atoms with Crippen LogP contribution in [0.2, 0.25) is 0 Å². The Labute approximate surface area is 280 Å². The number of urea groups is 1. The number of phenolic OH excluding ortho intramolecular Hbond substituents is 1. The molecule has 4 amide bonds. The lowest BCUT2D eigenvalue weighted by Gasteiger charge is -2.46. The fraction of sp³-hybridized carbons (Fsp3) is 0.243. The van der Waals surface area contributed by atoms with Crippen molar-refractivity contribution in [2.24, 2.45) is 0 Å². The fourth-order valence-electron chi connectivity index (χ4n) is 5.64. The van der Waals surface area contributed by atoms with Gasteiger partial charge in [-0.05, 0) is 47.5 Å². The maximum atomic E-state index is 14.3. The normalized spacial score (nSPS) is 15.9. The predicted octanol–water partition coefficient (Wildman–Crippen LogP) is 3.85. The Hall–Kier alpha value is -5.68. The summed E-state index contributed by atoms with van der Waals surface area (Å²) in [4.78, 5) is 49.3. The van der Waals surface area contributed by atoms with E-state index in [0.29, 0.717) is 18.0 Å². The average molecular weight is 649 g/mol. The molecule has 4 N–H and O–H groups in total. The largest absolute Gasteiger partial charge is 0.508 e. The summed E-state index contributed by atoms with van der Waals surface area (Å²) in [5.74, 6) is 0.167. The number of hydrogen-bond acceptors (Lipinski definition) is 7. The van der Waals surface area contributed by atoms with Gasteiger partial charge in [-0.3, -0.25) is 14.6 Å². The first kappa shape index (κ1) is 33.7. The molecular formula is C37H40N6O5. The fourth-order valence-corrected chi connectivity index (χ4v) is 5.64. The number of carbonyl (C=O) groups is 3. The number of hydrogen-bond donors (Lipinski definition) is 4. The zero-order valence-electron chi connectivity index (χ0n) is 26.8. The average Bonchev–Trinajstić information content (AvgIpc) is 3.11. The number of rotatable bonds is 13. The lowest BCUT2D eigenvalue weighted by Crippen LogP contribution is -2.69. The van der Waals surface area contributed by atoms with E-state index in [1.165, 1.54) is 4.90 Å². The Morgan fingerprint density at radius 2 is 1.77 bits per heavy atom. The van der Waals surface area contributed by atoms with Gasteiger partial charge in [-0.1, -0.05) is 66.7 Å². The summed E-state index contributed by atoms with van der Waals surface area (Å²) in [5.41, 5.74) is 3.89. The third kappa shape index (κ3) is 8.77. The number of aromatic hydroxyl groups is 1. The van der Waals surface area contributed by atoms with Crippen molar-refractivity contribution in [1.82, 2.24) is 30.7 Å². The minimum Gasteiger partial charge on any atom is -0.508 e. The minimum absolute atomic E-state index is 0.0436. The van der Waals surface area contributed by atoms with Crippen molar-refractivity contribution in [3.8, 4) is 22.8 Å². The Balaban J connectivity index is 1.44. The first-order valence-electron chi connectivity index (χ1n) is 15.7. The number of phenols is 1. The number of benzene rings is 3. The SMILES string of the molecule is C=CCNCC(=O)N1C(NC(=O)NCc2ccccc2)CN(Cc2cccc(-c3cccc(OC)c3)n2)C(=O)C1Cc1ccc(O)cc1. The zero-order chi connectivity index (χ0) is 33.9. The molecule has 248 valence electrons. The van der Waals surface area contributed by atoms with Gasteiger partial charge in [0, 0.05) is 25.1 Å². The number of methoxy groups -OCH3 is 1. The van der Waals surface area contributed by atoms with Crippen molar-refractivity contribution < 1.29 is 24.2 Å². The van der Waals surface area contributed by atoms with Crippen molar-refractivity contribution in [3.05, 3.63) is 127 Å². The van der Waals surface area contributed by atoms with Crippen molar-refractivity contribution in [2.75, 3.05) is 26.7 Å². The van der Waals surface area contributed by atoms with Crippen LogP contribution in [-0.4, -0.2) is 76.7 Å². The molecule has 11 nitrogen and oxygen atoms in total. The molecule has 4 aromatic rings. The molecule has 0 aliphatic carbocycles. The first-order chi connectivity index (χ1) is 23.3. The maximum absolute atomic E-state index is 14.3. The first-order valence-corrected chi connectivity index (χ1v) is 15.7. The summed E-state index contributed by atoms with van der Waals surface area (Å²) in [6.07, 6.45) is 0.966. The van der Waals surface area contributed by atoms with E-state index in [-0.39, 0.29) is 50.2 Å². The van der Waals surface area contributed by atoms with Crippen LogP contribution in [0.3, 0.4) is 0 Å².